The number of aliphatic hydroxyl groups is 2. The van der Waals surface area contributed by atoms with Crippen LogP contribution in [-0.2, 0) is 71.6 Å². The average Bonchev–Trinajstić information content (AvgIpc) is 1.17. The van der Waals surface area contributed by atoms with Crippen molar-refractivity contribution < 1.29 is 106 Å². The Morgan fingerprint density at radius 1 is 0.421 bits per heavy atom. The lowest BCUT2D eigenvalue weighted by Gasteiger charge is -2.29. The van der Waals surface area contributed by atoms with Crippen LogP contribution in [0.4, 0.5) is 24.0 Å². The molecule has 2 unspecified atom stereocenters. The van der Waals surface area contributed by atoms with E-state index in [2.05, 4.69) is 79.8 Å². The first-order valence-corrected chi connectivity index (χ1v) is 36.0. The van der Waals surface area contributed by atoms with E-state index < -0.39 is 235 Å². The Balaban J connectivity index is 4.40. The van der Waals surface area contributed by atoms with Crippen LogP contribution in [0.1, 0.15) is 197 Å². The molecule has 0 radical (unpaired) electrons. The lowest BCUT2D eigenvalue weighted by atomic mass is 9.99. The highest BCUT2D eigenvalue weighted by atomic mass is 16.6. The van der Waals surface area contributed by atoms with Crippen molar-refractivity contribution in [2.24, 2.45) is 17.6 Å². The van der Waals surface area contributed by atoms with Gasteiger partial charge in [-0.2, -0.15) is 0 Å². The molecule has 0 spiro atoms. The third-order valence-corrected chi connectivity index (χ3v) is 14.6. The van der Waals surface area contributed by atoms with Crippen molar-refractivity contribution in [1.29, 1.82) is 0 Å². The fraction of sp³-hybridized carbons (Fsp3) is 0.783. The second-order valence-electron chi connectivity index (χ2n) is 31.9. The molecular formula is C69H124N16O22. The Labute approximate surface area is 627 Å². The predicted molar refractivity (Wildman–Crippen MR) is 390 cm³/mol. The highest BCUT2D eigenvalue weighted by molar-refractivity contribution is 5.99. The Morgan fingerprint density at radius 2 is 0.738 bits per heavy atom. The molecule has 19 N–H and O–H groups in total. The maximum Gasteiger partial charge on any atom is 0.407 e. The topological polar surface area (TPSA) is 549 Å². The van der Waals surface area contributed by atoms with Crippen LogP contribution in [0.2, 0.25) is 0 Å². The maximum atomic E-state index is 15.1. The summed E-state index contributed by atoms with van der Waals surface area (Å²) in [6.45, 7) is 30.8. The fourth-order valence-electron chi connectivity index (χ4n) is 9.73. The van der Waals surface area contributed by atoms with Crippen molar-refractivity contribution in [3.05, 3.63) is 0 Å². The van der Waals surface area contributed by atoms with Gasteiger partial charge in [0, 0.05) is 39.3 Å². The number of hydrogen-bond acceptors (Lipinski definition) is 23. The zero-order chi connectivity index (χ0) is 82.3. The molecule has 0 aromatic carbocycles. The first kappa shape index (κ1) is 95.9. The highest BCUT2D eigenvalue weighted by Gasteiger charge is 2.39. The summed E-state index contributed by atoms with van der Waals surface area (Å²) < 4.78 is 26.7. The Bertz CT molecular complexity index is 3010. The van der Waals surface area contributed by atoms with Gasteiger partial charge in [-0.25, -0.2) is 24.0 Å². The zero-order valence-electron chi connectivity index (χ0n) is 66.1. The van der Waals surface area contributed by atoms with E-state index in [1.54, 1.807) is 132 Å². The minimum atomic E-state index is -1.90. The molecule has 15 amide bonds. The number of nitrogens with two attached hydrogens (primary N) is 1. The van der Waals surface area contributed by atoms with Gasteiger partial charge in [-0.3, -0.25) is 47.9 Å². The van der Waals surface area contributed by atoms with E-state index in [1.165, 1.54) is 0 Å². The summed E-state index contributed by atoms with van der Waals surface area (Å²) in [6.07, 6.45) is -10.8. The molecule has 1 aliphatic heterocycles. The van der Waals surface area contributed by atoms with Gasteiger partial charge >= 0.3 is 30.5 Å². The minimum Gasteiger partial charge on any atom is -0.444 e. The fourth-order valence-corrected chi connectivity index (χ4v) is 9.73. The summed E-state index contributed by atoms with van der Waals surface area (Å²) in [5.41, 5.74) is 1.33. The van der Waals surface area contributed by atoms with Gasteiger partial charge in [0.05, 0.1) is 18.2 Å². The number of hydrogen-bond donors (Lipinski definition) is 18. The summed E-state index contributed by atoms with van der Waals surface area (Å²) in [4.78, 5) is 210. The van der Waals surface area contributed by atoms with E-state index in [0.29, 0.717) is 0 Å². The van der Waals surface area contributed by atoms with Crippen molar-refractivity contribution >= 4 is 89.5 Å². The third kappa shape index (κ3) is 42.2. The van der Waals surface area contributed by atoms with Gasteiger partial charge < -0.3 is 119 Å². The van der Waals surface area contributed by atoms with Crippen LogP contribution in [0.3, 0.4) is 0 Å². The predicted octanol–water partition coefficient (Wildman–Crippen LogP) is -0.375. The molecule has 1 fully saturated rings. The molecule has 0 bridgehead atoms. The largest absolute Gasteiger partial charge is 0.444 e. The standard InChI is InChI=1S/C69H124N16O22/c1-36(2)34-46-56(94)80-42(24-30-73-61(99)104-66(10,11)12)52(90)79-45(27-33-76-64(102)107-69(19,20)21)55(93)85-48(38(5)86)58(96)71-29-23-41(51(89)78-43(25-31-74-62(100)105-67(13,14)15)54(92)82-47(35-37(3)4)57(95)83-46)77-53(91)44(26-32-75-63(101)106-68(16,17)18)81-59(97)49(39(6)87)84-50(88)40(70)22-28-72-60(98)103-65(7,8)9/h36-49,86-87H,22-35,70H2,1-21H3,(H,71,96)(H,72,98)(H,73,99)(H,74,100)(H,75,101)(H,76,102)(H,77,91)(H,78,89)(H,79,90)(H,80,94)(H,81,97)(H,82,92)(H,83,95)(H,84,88)(H,85,93)/t38?,39?,40-,41-,42-,43-,44-,45-,46-,47+,48-,49-/m0/s1. The molecule has 107 heavy (non-hydrogen) atoms. The molecule has 0 aromatic heterocycles. The number of carbonyl (C=O) groups is 15. The van der Waals surface area contributed by atoms with Crippen LogP contribution in [-0.4, -0.2) is 240 Å². The Kier molecular flexibility index (Phi) is 39.7. The van der Waals surface area contributed by atoms with Gasteiger partial charge in [0.2, 0.25) is 59.1 Å². The van der Waals surface area contributed by atoms with Crippen molar-refractivity contribution in [2.75, 3.05) is 39.3 Å². The zero-order valence-corrected chi connectivity index (χ0v) is 66.1. The van der Waals surface area contributed by atoms with Crippen molar-refractivity contribution in [3.8, 4) is 0 Å². The smallest absolute Gasteiger partial charge is 0.407 e. The second-order valence-corrected chi connectivity index (χ2v) is 31.9. The van der Waals surface area contributed by atoms with Gasteiger partial charge in [0.25, 0.3) is 0 Å². The van der Waals surface area contributed by atoms with Crippen LogP contribution < -0.4 is 85.5 Å². The van der Waals surface area contributed by atoms with Crippen LogP contribution in [0, 0.1) is 11.8 Å². The molecule has 38 heteroatoms. The van der Waals surface area contributed by atoms with Gasteiger partial charge in [-0.05, 0) is 181 Å². The van der Waals surface area contributed by atoms with E-state index in [-0.39, 0.29) is 57.2 Å². The van der Waals surface area contributed by atoms with Crippen LogP contribution in [0.25, 0.3) is 0 Å². The number of aliphatic hydroxyl groups excluding tert-OH is 2. The minimum absolute atomic E-state index is 0.0914. The molecule has 0 aromatic rings. The molecule has 12 atom stereocenters. The van der Waals surface area contributed by atoms with E-state index in [9.17, 15) is 77.3 Å². The number of nitrogens with one attached hydrogen (secondary N) is 15. The quantitative estimate of drug-likeness (QED) is 0.0466. The van der Waals surface area contributed by atoms with Crippen molar-refractivity contribution in [1.82, 2.24) is 79.8 Å². The molecule has 1 saturated heterocycles. The summed E-state index contributed by atoms with van der Waals surface area (Å²) in [7, 11) is 0. The summed E-state index contributed by atoms with van der Waals surface area (Å²) in [6, 6.07) is -16.9. The van der Waals surface area contributed by atoms with E-state index in [0.717, 1.165) is 13.8 Å². The Morgan fingerprint density at radius 3 is 1.07 bits per heavy atom. The van der Waals surface area contributed by atoms with Gasteiger partial charge in [0.1, 0.15) is 82.4 Å². The molecule has 0 saturated carbocycles. The summed E-state index contributed by atoms with van der Waals surface area (Å²) >= 11 is 0. The van der Waals surface area contributed by atoms with Crippen LogP contribution >= 0.6 is 0 Å². The van der Waals surface area contributed by atoms with E-state index in [4.69, 9.17) is 29.4 Å². The van der Waals surface area contributed by atoms with Gasteiger partial charge in [-0.15, -0.1) is 0 Å². The first-order valence-electron chi connectivity index (χ1n) is 36.0. The monoisotopic (exact) mass is 1530 g/mol. The molecule has 1 heterocycles. The van der Waals surface area contributed by atoms with Gasteiger partial charge in [-0.1, -0.05) is 27.7 Å². The SMILES string of the molecule is CC(C)C[C@@H]1NC(=O)[C@@H](CC(C)C)NC(=O)[C@H](CCNC(=O)OC(C)(C)C)NC(=O)[C@@H](NC(=O)[C@H](CCNC(=O)OC(C)(C)C)NC(=O)[C@@H](NC(=O)[C@@H](N)CCNC(=O)OC(C)(C)C)C(C)O)CCNC(=O)[C@H](C(C)O)NC(=O)[C@H](CCNC(=O)OC(C)(C)C)NC(=O)[C@H](CCNC(=O)OC(C)(C)C)NC1=O. The van der Waals surface area contributed by atoms with E-state index >= 15 is 4.79 Å². The number of alkyl carbamates (subject to hydrolysis) is 5. The lowest BCUT2D eigenvalue weighted by molar-refractivity contribution is -0.136. The van der Waals surface area contributed by atoms with Crippen LogP contribution in [0.15, 0.2) is 0 Å². The molecular weight excluding hydrogens is 1400 g/mol. The number of carbonyl (C=O) groups excluding carboxylic acids is 15. The van der Waals surface area contributed by atoms with E-state index in [1.807, 2.05) is 0 Å². The second kappa shape index (κ2) is 44.3. The molecule has 1 aliphatic rings. The first-order chi connectivity index (χ1) is 49.0. The lowest BCUT2D eigenvalue weighted by Crippen LogP contribution is -2.62. The normalized spacial score (nSPS) is 20.8. The summed E-state index contributed by atoms with van der Waals surface area (Å²) in [5.74, 6) is -11.6. The third-order valence-electron chi connectivity index (χ3n) is 14.6. The van der Waals surface area contributed by atoms with Gasteiger partial charge in [0.15, 0.2) is 0 Å². The van der Waals surface area contributed by atoms with Crippen molar-refractivity contribution in [3.63, 3.8) is 0 Å². The van der Waals surface area contributed by atoms with Crippen LogP contribution in [0.5, 0.6) is 0 Å². The van der Waals surface area contributed by atoms with Crippen molar-refractivity contribution in [2.45, 2.75) is 297 Å². The maximum absolute atomic E-state index is 15.1. The number of amides is 15. The molecule has 612 valence electrons. The molecule has 0 aliphatic carbocycles. The highest BCUT2D eigenvalue weighted by Crippen LogP contribution is 2.15. The average molecular weight is 1530 g/mol. The molecule has 38 nitrogen and oxygen atoms in total. The molecule has 1 rings (SSSR count). The summed E-state index contributed by atoms with van der Waals surface area (Å²) in [5, 5.41) is 59.6. The number of rotatable bonds is 27. The number of ether oxygens (including phenoxy) is 5. The Hall–Kier alpha value is -9.07.